The van der Waals surface area contributed by atoms with E-state index in [9.17, 15) is 4.79 Å². The van der Waals surface area contributed by atoms with Crippen molar-refractivity contribution >= 4 is 39.5 Å². The van der Waals surface area contributed by atoms with Crippen molar-refractivity contribution in [2.75, 3.05) is 0 Å². The van der Waals surface area contributed by atoms with E-state index < -0.39 is 5.97 Å². The second-order valence-corrected chi connectivity index (χ2v) is 5.65. The van der Waals surface area contributed by atoms with Crippen LogP contribution >= 0.6 is 11.6 Å². The first-order valence-corrected chi connectivity index (χ1v) is 7.15. The lowest BCUT2D eigenvalue weighted by molar-refractivity contribution is 0.0686. The quantitative estimate of drug-likeness (QED) is 0.567. The summed E-state index contributed by atoms with van der Waals surface area (Å²) in [6.45, 7) is 3.60. The second kappa shape index (κ2) is 4.63. The van der Waals surface area contributed by atoms with Crippen LogP contribution in [0, 0.1) is 13.8 Å². The number of carboxylic acid groups (broad SMARTS) is 1. The Morgan fingerprint density at radius 2 is 1.74 bits per heavy atom. The third-order valence-electron chi connectivity index (χ3n) is 3.62. The van der Waals surface area contributed by atoms with Gasteiger partial charge in [0.25, 0.3) is 0 Å². The van der Waals surface area contributed by atoms with Crippen molar-refractivity contribution in [2.24, 2.45) is 0 Å². The van der Waals surface area contributed by atoms with Crippen LogP contribution in [0.1, 0.15) is 22.0 Å². The van der Waals surface area contributed by atoms with Gasteiger partial charge in [-0.15, -0.1) is 0 Å². The Balaban J connectivity index is 2.16. The van der Waals surface area contributed by atoms with Crippen molar-refractivity contribution in [2.45, 2.75) is 13.8 Å². The van der Waals surface area contributed by atoms with Crippen LogP contribution in [-0.2, 0) is 0 Å². The molecule has 0 aliphatic rings. The van der Waals surface area contributed by atoms with E-state index in [1.54, 1.807) is 26.0 Å². The molecule has 7 heteroatoms. The van der Waals surface area contributed by atoms with Gasteiger partial charge in [0.2, 0.25) is 0 Å². The average Bonchev–Trinajstić information content (AvgIpc) is 3.17. The van der Waals surface area contributed by atoms with Gasteiger partial charge in [0.1, 0.15) is 17.1 Å². The van der Waals surface area contributed by atoms with Gasteiger partial charge in [-0.1, -0.05) is 16.8 Å². The van der Waals surface area contributed by atoms with Crippen molar-refractivity contribution in [3.05, 3.63) is 40.4 Å². The fourth-order valence-electron chi connectivity index (χ4n) is 2.71. The van der Waals surface area contributed by atoms with Gasteiger partial charge in [-0.25, -0.2) is 4.79 Å². The highest BCUT2D eigenvalue weighted by molar-refractivity contribution is 6.41. The number of aromatic carboxylic acids is 1. The molecule has 3 heterocycles. The summed E-state index contributed by atoms with van der Waals surface area (Å²) in [6, 6.07) is 4.95. The summed E-state index contributed by atoms with van der Waals surface area (Å²) in [7, 11) is 0. The molecule has 0 unspecified atom stereocenters. The third kappa shape index (κ3) is 1.95. The number of nitrogens with zero attached hydrogens (tertiary/aromatic N) is 1. The van der Waals surface area contributed by atoms with Crippen LogP contribution in [0.15, 0.2) is 31.6 Å². The van der Waals surface area contributed by atoms with E-state index in [0.717, 1.165) is 0 Å². The Bertz CT molecular complexity index is 1030. The Labute approximate surface area is 134 Å². The molecule has 0 fully saturated rings. The molecule has 23 heavy (non-hydrogen) atoms. The molecule has 1 N–H and O–H groups in total. The third-order valence-corrected chi connectivity index (χ3v) is 3.99. The smallest absolute Gasteiger partial charge is 0.358 e. The van der Waals surface area contributed by atoms with E-state index in [1.807, 2.05) is 0 Å². The van der Waals surface area contributed by atoms with Crippen LogP contribution in [0.4, 0.5) is 0 Å². The molecule has 116 valence electrons. The van der Waals surface area contributed by atoms with E-state index >= 15 is 0 Å². The van der Waals surface area contributed by atoms with E-state index in [0.29, 0.717) is 44.0 Å². The summed E-state index contributed by atoms with van der Waals surface area (Å²) in [5.41, 5.74) is 1.40. The highest BCUT2D eigenvalue weighted by atomic mass is 35.5. The first-order valence-electron chi connectivity index (χ1n) is 6.78. The highest BCUT2D eigenvalue weighted by Gasteiger charge is 2.24. The number of hydrogen-bond acceptors (Lipinski definition) is 5. The zero-order valence-electron chi connectivity index (χ0n) is 12.1. The molecule has 0 aliphatic carbocycles. The lowest BCUT2D eigenvalue weighted by Gasteiger charge is -2.02. The van der Waals surface area contributed by atoms with Gasteiger partial charge in [-0.2, -0.15) is 0 Å². The normalized spacial score (nSPS) is 11.6. The van der Waals surface area contributed by atoms with E-state index in [2.05, 4.69) is 5.16 Å². The molecule has 0 amide bonds. The van der Waals surface area contributed by atoms with Crippen molar-refractivity contribution in [1.82, 2.24) is 5.16 Å². The number of aromatic nitrogens is 1. The molecule has 1 aromatic carbocycles. The first kappa shape index (κ1) is 13.9. The maximum absolute atomic E-state index is 11.0. The summed E-state index contributed by atoms with van der Waals surface area (Å²) >= 11 is 6.42. The van der Waals surface area contributed by atoms with E-state index in [1.165, 1.54) is 6.07 Å². The topological polar surface area (TPSA) is 89.6 Å². The Morgan fingerprint density at radius 1 is 1.09 bits per heavy atom. The molecule has 0 atom stereocenters. The minimum Gasteiger partial charge on any atom is -0.476 e. The summed E-state index contributed by atoms with van der Waals surface area (Å²) in [5, 5.41) is 14.4. The number of furan rings is 2. The number of aryl methyl sites for hydroxylation is 2. The lowest BCUT2D eigenvalue weighted by atomic mass is 10.0. The molecule has 0 saturated carbocycles. The van der Waals surface area contributed by atoms with E-state index in [-0.39, 0.29) is 11.5 Å². The molecular formula is C16H10ClNO5. The summed E-state index contributed by atoms with van der Waals surface area (Å²) in [6.07, 6.45) is 0. The molecular weight excluding hydrogens is 322 g/mol. The van der Waals surface area contributed by atoms with Crippen molar-refractivity contribution < 1.29 is 23.3 Å². The molecule has 0 spiro atoms. The van der Waals surface area contributed by atoms with Gasteiger partial charge in [-0.05, 0) is 26.0 Å². The monoisotopic (exact) mass is 331 g/mol. The number of fused-ring (bicyclic) bond motifs is 2. The number of carboxylic acids is 1. The Morgan fingerprint density at radius 3 is 2.39 bits per heavy atom. The zero-order chi connectivity index (χ0) is 16.3. The van der Waals surface area contributed by atoms with Crippen LogP contribution in [0.25, 0.3) is 33.3 Å². The van der Waals surface area contributed by atoms with Crippen LogP contribution in [0.5, 0.6) is 0 Å². The van der Waals surface area contributed by atoms with Gasteiger partial charge in [-0.3, -0.25) is 0 Å². The Kier molecular flexibility index (Phi) is 2.80. The Hall–Kier alpha value is -2.73. The van der Waals surface area contributed by atoms with Gasteiger partial charge >= 0.3 is 5.97 Å². The number of hydrogen-bond donors (Lipinski definition) is 1. The average molecular weight is 332 g/mol. The minimum absolute atomic E-state index is 0.181. The fraction of sp³-hybridized carbons (Fsp3) is 0.125. The summed E-state index contributed by atoms with van der Waals surface area (Å²) in [4.78, 5) is 11.0. The molecule has 0 radical (unpaired) electrons. The standard InChI is InChI=1S/C16H10ClNO5/c1-6-3-8-12(11-5-10(16(19)20)18-23-11)14-9(4-7(2)21-14)13(17)15(8)22-6/h3-5H,1-2H3,(H,19,20). The maximum Gasteiger partial charge on any atom is 0.358 e. The SMILES string of the molecule is Cc1cc2c(-c3cc(C(=O)O)no3)c3oc(C)cc3c(Cl)c2o1. The van der Waals surface area contributed by atoms with Crippen molar-refractivity contribution in [1.29, 1.82) is 0 Å². The predicted molar refractivity (Wildman–Crippen MR) is 82.9 cm³/mol. The van der Waals surface area contributed by atoms with Gasteiger partial charge < -0.3 is 18.5 Å². The second-order valence-electron chi connectivity index (χ2n) is 5.27. The molecule has 4 rings (SSSR count). The lowest BCUT2D eigenvalue weighted by Crippen LogP contribution is -1.94. The number of halogens is 1. The van der Waals surface area contributed by atoms with Crippen molar-refractivity contribution in [3.63, 3.8) is 0 Å². The van der Waals surface area contributed by atoms with Crippen LogP contribution < -0.4 is 0 Å². The summed E-state index contributed by atoms with van der Waals surface area (Å²) in [5.74, 6) is 0.459. The number of rotatable bonds is 2. The van der Waals surface area contributed by atoms with Gasteiger partial charge in [0.05, 0.1) is 10.6 Å². The largest absolute Gasteiger partial charge is 0.476 e. The molecule has 4 aromatic rings. The molecule has 6 nitrogen and oxygen atoms in total. The van der Waals surface area contributed by atoms with Crippen LogP contribution in [-0.4, -0.2) is 16.2 Å². The molecule has 0 saturated heterocycles. The highest BCUT2D eigenvalue weighted by Crippen LogP contribution is 2.44. The minimum atomic E-state index is -1.17. The van der Waals surface area contributed by atoms with Crippen LogP contribution in [0.3, 0.4) is 0 Å². The number of carbonyl (C=O) groups is 1. The number of benzene rings is 1. The van der Waals surface area contributed by atoms with Gasteiger partial charge in [0, 0.05) is 16.8 Å². The van der Waals surface area contributed by atoms with Crippen LogP contribution in [0.2, 0.25) is 5.02 Å². The van der Waals surface area contributed by atoms with E-state index in [4.69, 9.17) is 30.1 Å². The fourth-order valence-corrected chi connectivity index (χ4v) is 2.99. The van der Waals surface area contributed by atoms with Gasteiger partial charge in [0.15, 0.2) is 17.0 Å². The molecule has 0 bridgehead atoms. The zero-order valence-corrected chi connectivity index (χ0v) is 12.9. The molecule has 0 aliphatic heterocycles. The molecule has 3 aromatic heterocycles. The summed E-state index contributed by atoms with van der Waals surface area (Å²) < 4.78 is 16.7. The van der Waals surface area contributed by atoms with Crippen molar-refractivity contribution in [3.8, 4) is 11.3 Å². The maximum atomic E-state index is 11.0. The predicted octanol–water partition coefficient (Wildman–Crippen LogP) is 4.80. The first-order chi connectivity index (χ1) is 11.0.